The number of carbonyl (C=O) groups is 2. The maximum Gasteiger partial charge on any atom is 0.270 e. The summed E-state index contributed by atoms with van der Waals surface area (Å²) >= 11 is 1.51. The smallest absolute Gasteiger partial charge is 0.270 e. The Morgan fingerprint density at radius 2 is 2.00 bits per heavy atom. The normalized spacial score (nSPS) is 11.8. The zero-order valence-corrected chi connectivity index (χ0v) is 16.1. The summed E-state index contributed by atoms with van der Waals surface area (Å²) in [6.07, 6.45) is 0. The van der Waals surface area contributed by atoms with Crippen LogP contribution in [0, 0.1) is 10.1 Å². The van der Waals surface area contributed by atoms with Gasteiger partial charge in [-0.05, 0) is 25.1 Å². The molecule has 0 bridgehead atoms. The Bertz CT molecular complexity index is 1020. The Balaban J connectivity index is 1.63. The van der Waals surface area contributed by atoms with Crippen molar-refractivity contribution in [3.63, 3.8) is 0 Å². The van der Waals surface area contributed by atoms with Crippen LogP contribution in [0.25, 0.3) is 10.2 Å². The van der Waals surface area contributed by atoms with E-state index in [9.17, 15) is 19.7 Å². The third-order valence-electron chi connectivity index (χ3n) is 4.12. The number of amides is 2. The van der Waals surface area contributed by atoms with E-state index in [1.807, 2.05) is 24.3 Å². The summed E-state index contributed by atoms with van der Waals surface area (Å²) in [6, 6.07) is 12.3. The molecule has 1 heterocycles. The number of aromatic nitrogens is 1. The predicted octanol–water partition coefficient (Wildman–Crippen LogP) is 2.98. The molecule has 0 aliphatic carbocycles. The number of para-hydroxylation sites is 1. The van der Waals surface area contributed by atoms with Gasteiger partial charge in [0.1, 0.15) is 11.0 Å². The van der Waals surface area contributed by atoms with Crippen LogP contribution in [-0.2, 0) is 11.3 Å². The summed E-state index contributed by atoms with van der Waals surface area (Å²) in [7, 11) is 1.64. The highest BCUT2D eigenvalue weighted by atomic mass is 32.1. The van der Waals surface area contributed by atoms with Gasteiger partial charge >= 0.3 is 0 Å². The molecule has 0 radical (unpaired) electrons. The molecule has 0 unspecified atom stereocenters. The fourth-order valence-corrected chi connectivity index (χ4v) is 3.72. The molecule has 9 heteroatoms. The first-order valence-corrected chi connectivity index (χ1v) is 9.31. The van der Waals surface area contributed by atoms with Gasteiger partial charge in [0.25, 0.3) is 11.6 Å². The molecule has 0 saturated carbocycles. The highest BCUT2D eigenvalue weighted by Crippen LogP contribution is 2.22. The first kappa shape index (κ1) is 19.4. The van der Waals surface area contributed by atoms with Crippen molar-refractivity contribution in [2.75, 3.05) is 7.05 Å². The van der Waals surface area contributed by atoms with Crippen molar-refractivity contribution in [3.05, 3.63) is 69.2 Å². The monoisotopic (exact) mass is 398 g/mol. The SMILES string of the molecule is C[C@H](NC(=O)c1cccc([N+](=O)[O-])c1)C(=O)N(C)Cc1nc2ccccc2s1. The molecule has 8 nitrogen and oxygen atoms in total. The maximum absolute atomic E-state index is 12.6. The highest BCUT2D eigenvalue weighted by Gasteiger charge is 2.22. The van der Waals surface area contributed by atoms with Gasteiger partial charge in [0, 0.05) is 24.7 Å². The number of non-ortho nitro benzene ring substituents is 1. The van der Waals surface area contributed by atoms with Crippen LogP contribution in [0.15, 0.2) is 48.5 Å². The molecule has 1 atom stereocenters. The molecule has 1 N–H and O–H groups in total. The first-order valence-electron chi connectivity index (χ1n) is 8.50. The number of fused-ring (bicyclic) bond motifs is 1. The van der Waals surface area contributed by atoms with Crippen molar-refractivity contribution in [1.29, 1.82) is 0 Å². The minimum Gasteiger partial charge on any atom is -0.341 e. The molecule has 144 valence electrons. The Morgan fingerprint density at radius 3 is 2.71 bits per heavy atom. The Kier molecular flexibility index (Phi) is 5.65. The van der Waals surface area contributed by atoms with E-state index in [0.29, 0.717) is 6.54 Å². The summed E-state index contributed by atoms with van der Waals surface area (Å²) in [4.78, 5) is 41.2. The van der Waals surface area contributed by atoms with E-state index < -0.39 is 16.9 Å². The number of nitrogens with zero attached hydrogens (tertiary/aromatic N) is 3. The minimum absolute atomic E-state index is 0.127. The van der Waals surface area contributed by atoms with Gasteiger partial charge in [-0.25, -0.2) is 4.98 Å². The zero-order chi connectivity index (χ0) is 20.3. The van der Waals surface area contributed by atoms with E-state index in [4.69, 9.17) is 0 Å². The Morgan fingerprint density at radius 1 is 1.25 bits per heavy atom. The molecular weight excluding hydrogens is 380 g/mol. The molecule has 0 fully saturated rings. The Labute approximate surface area is 165 Å². The number of nitrogens with one attached hydrogen (secondary N) is 1. The van der Waals surface area contributed by atoms with Gasteiger partial charge in [0.2, 0.25) is 5.91 Å². The van der Waals surface area contributed by atoms with Crippen LogP contribution in [0.4, 0.5) is 5.69 Å². The van der Waals surface area contributed by atoms with Crippen LogP contribution in [-0.4, -0.2) is 39.7 Å². The molecule has 28 heavy (non-hydrogen) atoms. The van der Waals surface area contributed by atoms with Gasteiger partial charge in [-0.2, -0.15) is 0 Å². The van der Waals surface area contributed by atoms with Crippen LogP contribution in [0.3, 0.4) is 0 Å². The molecule has 0 aliphatic heterocycles. The average molecular weight is 398 g/mol. The van der Waals surface area contributed by atoms with Crippen molar-refractivity contribution in [3.8, 4) is 0 Å². The largest absolute Gasteiger partial charge is 0.341 e. The summed E-state index contributed by atoms with van der Waals surface area (Å²) in [5.74, 6) is -0.823. The van der Waals surface area contributed by atoms with Gasteiger partial charge in [-0.15, -0.1) is 11.3 Å². The van der Waals surface area contributed by atoms with Crippen LogP contribution < -0.4 is 5.32 Å². The summed E-state index contributed by atoms with van der Waals surface area (Å²) in [5, 5.41) is 14.2. The maximum atomic E-state index is 12.6. The number of carbonyl (C=O) groups excluding carboxylic acids is 2. The number of likely N-dealkylation sites (N-methyl/N-ethyl adjacent to an activating group) is 1. The number of hydrogen-bond acceptors (Lipinski definition) is 6. The Hall–Kier alpha value is -3.33. The van der Waals surface area contributed by atoms with Crippen molar-refractivity contribution < 1.29 is 14.5 Å². The van der Waals surface area contributed by atoms with Gasteiger partial charge in [-0.1, -0.05) is 18.2 Å². The van der Waals surface area contributed by atoms with Gasteiger partial charge in [0.15, 0.2) is 0 Å². The lowest BCUT2D eigenvalue weighted by molar-refractivity contribution is -0.384. The third-order valence-corrected chi connectivity index (χ3v) is 5.15. The molecule has 3 rings (SSSR count). The van der Waals surface area contributed by atoms with Crippen molar-refractivity contribution in [1.82, 2.24) is 15.2 Å². The van der Waals surface area contributed by atoms with E-state index in [-0.39, 0.29) is 17.2 Å². The number of benzene rings is 2. The molecule has 0 saturated heterocycles. The molecule has 2 aromatic carbocycles. The average Bonchev–Trinajstić information content (AvgIpc) is 3.09. The quantitative estimate of drug-likeness (QED) is 0.508. The van der Waals surface area contributed by atoms with Crippen LogP contribution >= 0.6 is 11.3 Å². The van der Waals surface area contributed by atoms with Crippen LogP contribution in [0.1, 0.15) is 22.3 Å². The van der Waals surface area contributed by atoms with E-state index in [0.717, 1.165) is 15.2 Å². The van der Waals surface area contributed by atoms with E-state index in [2.05, 4.69) is 10.3 Å². The summed E-state index contributed by atoms with van der Waals surface area (Å²) in [6.45, 7) is 1.90. The van der Waals surface area contributed by atoms with Crippen molar-refractivity contribution >= 4 is 39.1 Å². The highest BCUT2D eigenvalue weighted by molar-refractivity contribution is 7.18. The number of thiazole rings is 1. The van der Waals surface area contributed by atoms with Gasteiger partial charge in [0.05, 0.1) is 21.7 Å². The second kappa shape index (κ2) is 8.13. The summed E-state index contributed by atoms with van der Waals surface area (Å²) in [5.41, 5.74) is 0.831. The van der Waals surface area contributed by atoms with E-state index in [1.165, 1.54) is 40.5 Å². The number of nitro groups is 1. The van der Waals surface area contributed by atoms with Crippen molar-refractivity contribution in [2.24, 2.45) is 0 Å². The fraction of sp³-hybridized carbons (Fsp3) is 0.211. The molecular formula is C19H18N4O4S. The first-order chi connectivity index (χ1) is 13.3. The number of nitro benzene ring substituents is 1. The lowest BCUT2D eigenvalue weighted by atomic mass is 10.1. The van der Waals surface area contributed by atoms with Crippen LogP contribution in [0.2, 0.25) is 0 Å². The van der Waals surface area contributed by atoms with Gasteiger partial charge < -0.3 is 10.2 Å². The molecule has 1 aromatic heterocycles. The number of hydrogen-bond donors (Lipinski definition) is 1. The second-order valence-corrected chi connectivity index (χ2v) is 7.39. The lowest BCUT2D eigenvalue weighted by Crippen LogP contribution is -2.45. The molecule has 0 aliphatic rings. The zero-order valence-electron chi connectivity index (χ0n) is 15.3. The standard InChI is InChI=1S/C19H18N4O4S/c1-12(20-18(24)13-6-5-7-14(10-13)23(26)27)19(25)22(2)11-17-21-15-8-3-4-9-16(15)28-17/h3-10,12H,11H2,1-2H3,(H,20,24)/t12-/m0/s1. The summed E-state index contributed by atoms with van der Waals surface area (Å²) < 4.78 is 1.05. The minimum atomic E-state index is -0.786. The third kappa shape index (κ3) is 4.32. The van der Waals surface area contributed by atoms with E-state index in [1.54, 1.807) is 14.0 Å². The molecule has 0 spiro atoms. The van der Waals surface area contributed by atoms with Crippen LogP contribution in [0.5, 0.6) is 0 Å². The predicted molar refractivity (Wildman–Crippen MR) is 106 cm³/mol. The lowest BCUT2D eigenvalue weighted by Gasteiger charge is -2.21. The van der Waals surface area contributed by atoms with E-state index >= 15 is 0 Å². The molecule has 2 amide bonds. The molecule has 3 aromatic rings. The van der Waals surface area contributed by atoms with Gasteiger partial charge in [-0.3, -0.25) is 19.7 Å². The fourth-order valence-electron chi connectivity index (χ4n) is 2.70. The topological polar surface area (TPSA) is 105 Å². The number of rotatable bonds is 6. The van der Waals surface area contributed by atoms with Crippen molar-refractivity contribution in [2.45, 2.75) is 19.5 Å². The second-order valence-electron chi connectivity index (χ2n) is 6.27.